The number of nitrogens with one attached hydrogen (secondary N) is 2. The van der Waals surface area contributed by atoms with Crippen molar-refractivity contribution in [3.8, 4) is 0 Å². The molecule has 1 aliphatic heterocycles. The van der Waals surface area contributed by atoms with Crippen molar-refractivity contribution in [2.45, 2.75) is 12.8 Å². The van der Waals surface area contributed by atoms with E-state index in [4.69, 9.17) is 5.73 Å². The predicted molar refractivity (Wildman–Crippen MR) is 37.6 cm³/mol. The quantitative estimate of drug-likeness (QED) is 0.484. The van der Waals surface area contributed by atoms with E-state index < -0.39 is 0 Å². The van der Waals surface area contributed by atoms with Gasteiger partial charge in [0.1, 0.15) is 0 Å². The number of carbonyl (C=O) groups is 1. The Bertz CT molecular complexity index is 164. The van der Waals surface area contributed by atoms with Gasteiger partial charge in [-0.05, 0) is 6.42 Å². The molecule has 1 amide bonds. The van der Waals surface area contributed by atoms with Gasteiger partial charge in [0, 0.05) is 18.3 Å². The van der Waals surface area contributed by atoms with Crippen LogP contribution in [0.15, 0.2) is 11.9 Å². The second kappa shape index (κ2) is 3.10. The van der Waals surface area contributed by atoms with E-state index in [9.17, 15) is 4.79 Å². The first-order chi connectivity index (χ1) is 4.79. The molecule has 0 atom stereocenters. The summed E-state index contributed by atoms with van der Waals surface area (Å²) in [6, 6.07) is 0. The minimum Gasteiger partial charge on any atom is -0.372 e. The summed E-state index contributed by atoms with van der Waals surface area (Å²) in [6.45, 7) is 0.758. The number of rotatable bonds is 3. The standard InChI is InChI=1S/C6H11N3O/c7-6(10)2-1-5-3-8-4-9-5/h3,8-9H,1-2,4H2,(H2,7,10). The van der Waals surface area contributed by atoms with E-state index >= 15 is 0 Å². The van der Waals surface area contributed by atoms with Gasteiger partial charge in [0.15, 0.2) is 0 Å². The monoisotopic (exact) mass is 141 g/mol. The smallest absolute Gasteiger partial charge is 0.217 e. The second-order valence-electron chi connectivity index (χ2n) is 2.19. The van der Waals surface area contributed by atoms with Gasteiger partial charge >= 0.3 is 0 Å². The van der Waals surface area contributed by atoms with E-state index in [1.165, 1.54) is 0 Å². The van der Waals surface area contributed by atoms with Gasteiger partial charge in [-0.1, -0.05) is 0 Å². The molecule has 0 fully saturated rings. The summed E-state index contributed by atoms with van der Waals surface area (Å²) in [4.78, 5) is 10.3. The zero-order valence-electron chi connectivity index (χ0n) is 5.68. The van der Waals surface area contributed by atoms with Crippen molar-refractivity contribution in [2.75, 3.05) is 6.67 Å². The maximum atomic E-state index is 10.3. The van der Waals surface area contributed by atoms with Crippen LogP contribution in [-0.2, 0) is 4.79 Å². The third kappa shape index (κ3) is 1.97. The van der Waals surface area contributed by atoms with Gasteiger partial charge in [-0.2, -0.15) is 0 Å². The topological polar surface area (TPSA) is 67.2 Å². The van der Waals surface area contributed by atoms with Crippen LogP contribution in [0.1, 0.15) is 12.8 Å². The van der Waals surface area contributed by atoms with Crippen LogP contribution in [0, 0.1) is 0 Å². The summed E-state index contributed by atoms with van der Waals surface area (Å²) < 4.78 is 0. The predicted octanol–water partition coefficient (Wildman–Crippen LogP) is -0.756. The van der Waals surface area contributed by atoms with Crippen molar-refractivity contribution < 1.29 is 4.79 Å². The Morgan fingerprint density at radius 3 is 3.10 bits per heavy atom. The van der Waals surface area contributed by atoms with Crippen molar-refractivity contribution >= 4 is 5.91 Å². The zero-order valence-corrected chi connectivity index (χ0v) is 5.68. The van der Waals surface area contributed by atoms with Crippen LogP contribution in [0.3, 0.4) is 0 Å². The summed E-state index contributed by atoms with van der Waals surface area (Å²) in [5.41, 5.74) is 6.01. The maximum Gasteiger partial charge on any atom is 0.217 e. The average molecular weight is 141 g/mol. The average Bonchev–Trinajstić information content (AvgIpc) is 2.34. The lowest BCUT2D eigenvalue weighted by Gasteiger charge is -1.98. The minimum atomic E-state index is -0.255. The van der Waals surface area contributed by atoms with Gasteiger partial charge in [-0.15, -0.1) is 0 Å². The molecule has 0 aromatic heterocycles. The lowest BCUT2D eigenvalue weighted by Crippen LogP contribution is -2.16. The van der Waals surface area contributed by atoms with Crippen LogP contribution in [0.2, 0.25) is 0 Å². The fourth-order valence-electron chi connectivity index (χ4n) is 0.808. The summed E-state index contributed by atoms with van der Waals surface area (Å²) in [5.74, 6) is -0.255. The van der Waals surface area contributed by atoms with Crippen LogP contribution in [0.4, 0.5) is 0 Å². The Kier molecular flexibility index (Phi) is 2.15. The Morgan fingerprint density at radius 2 is 2.60 bits per heavy atom. The van der Waals surface area contributed by atoms with Crippen LogP contribution in [0.5, 0.6) is 0 Å². The maximum absolute atomic E-state index is 10.3. The first-order valence-electron chi connectivity index (χ1n) is 3.23. The summed E-state index contributed by atoms with van der Waals surface area (Å²) >= 11 is 0. The molecular formula is C6H11N3O. The third-order valence-electron chi connectivity index (χ3n) is 1.33. The molecule has 0 aliphatic carbocycles. The Labute approximate surface area is 59.5 Å². The molecule has 4 heteroatoms. The number of hydrogen-bond donors (Lipinski definition) is 3. The molecule has 4 nitrogen and oxygen atoms in total. The SMILES string of the molecule is NC(=O)CCC1=CNCN1. The summed E-state index contributed by atoms with van der Waals surface area (Å²) in [5, 5.41) is 6.02. The van der Waals surface area contributed by atoms with Gasteiger partial charge in [-0.3, -0.25) is 4.79 Å². The molecule has 0 radical (unpaired) electrons. The van der Waals surface area contributed by atoms with Gasteiger partial charge in [0.05, 0.1) is 6.67 Å². The molecule has 0 aromatic carbocycles. The number of allylic oxidation sites excluding steroid dienone is 1. The highest BCUT2D eigenvalue weighted by Crippen LogP contribution is 2.01. The van der Waals surface area contributed by atoms with Gasteiger partial charge in [-0.25, -0.2) is 0 Å². The molecule has 0 saturated carbocycles. The number of carbonyl (C=O) groups excluding carboxylic acids is 1. The van der Waals surface area contributed by atoms with Crippen LogP contribution in [0.25, 0.3) is 0 Å². The molecule has 1 rings (SSSR count). The first kappa shape index (κ1) is 6.92. The Morgan fingerprint density at radius 1 is 1.80 bits per heavy atom. The minimum absolute atomic E-state index is 0.255. The molecule has 0 saturated heterocycles. The molecule has 56 valence electrons. The molecule has 0 bridgehead atoms. The zero-order chi connectivity index (χ0) is 7.40. The fourth-order valence-corrected chi connectivity index (χ4v) is 0.808. The van der Waals surface area contributed by atoms with E-state index in [-0.39, 0.29) is 5.91 Å². The molecule has 4 N–H and O–H groups in total. The van der Waals surface area contributed by atoms with Gasteiger partial charge < -0.3 is 16.4 Å². The van der Waals surface area contributed by atoms with Crippen molar-refractivity contribution in [3.63, 3.8) is 0 Å². The fraction of sp³-hybridized carbons (Fsp3) is 0.500. The number of primary amides is 1. The lowest BCUT2D eigenvalue weighted by molar-refractivity contribution is -0.118. The highest BCUT2D eigenvalue weighted by Gasteiger charge is 2.02. The van der Waals surface area contributed by atoms with Crippen LogP contribution in [-0.4, -0.2) is 12.6 Å². The van der Waals surface area contributed by atoms with Crippen LogP contribution >= 0.6 is 0 Å². The molecule has 1 aliphatic rings. The largest absolute Gasteiger partial charge is 0.372 e. The van der Waals surface area contributed by atoms with Gasteiger partial charge in [0.25, 0.3) is 0 Å². The Balaban J connectivity index is 2.19. The van der Waals surface area contributed by atoms with Crippen molar-refractivity contribution in [1.29, 1.82) is 0 Å². The van der Waals surface area contributed by atoms with Crippen molar-refractivity contribution in [2.24, 2.45) is 5.73 Å². The molecular weight excluding hydrogens is 130 g/mol. The molecule has 0 spiro atoms. The number of nitrogens with two attached hydrogens (primary N) is 1. The first-order valence-corrected chi connectivity index (χ1v) is 3.23. The molecule has 1 heterocycles. The Hall–Kier alpha value is -1.19. The third-order valence-corrected chi connectivity index (χ3v) is 1.33. The second-order valence-corrected chi connectivity index (χ2v) is 2.19. The molecule has 10 heavy (non-hydrogen) atoms. The van der Waals surface area contributed by atoms with E-state index in [0.29, 0.717) is 12.8 Å². The summed E-state index contributed by atoms with van der Waals surface area (Å²) in [7, 11) is 0. The van der Waals surface area contributed by atoms with E-state index in [2.05, 4.69) is 10.6 Å². The molecule has 0 unspecified atom stereocenters. The van der Waals surface area contributed by atoms with Crippen molar-refractivity contribution in [1.82, 2.24) is 10.6 Å². The normalized spacial score (nSPS) is 15.4. The van der Waals surface area contributed by atoms with Crippen LogP contribution < -0.4 is 16.4 Å². The lowest BCUT2D eigenvalue weighted by atomic mass is 10.2. The number of amides is 1. The molecule has 0 aromatic rings. The van der Waals surface area contributed by atoms with E-state index in [1.54, 1.807) is 0 Å². The van der Waals surface area contributed by atoms with E-state index in [0.717, 1.165) is 12.4 Å². The van der Waals surface area contributed by atoms with E-state index in [1.807, 2.05) is 6.20 Å². The highest BCUT2D eigenvalue weighted by molar-refractivity contribution is 5.73. The van der Waals surface area contributed by atoms with Crippen molar-refractivity contribution in [3.05, 3.63) is 11.9 Å². The van der Waals surface area contributed by atoms with Gasteiger partial charge in [0.2, 0.25) is 5.91 Å². The highest BCUT2D eigenvalue weighted by atomic mass is 16.1. The summed E-state index contributed by atoms with van der Waals surface area (Å²) in [6.07, 6.45) is 2.99. The number of hydrogen-bond acceptors (Lipinski definition) is 3.